The van der Waals surface area contributed by atoms with Crippen molar-refractivity contribution in [2.24, 2.45) is 0 Å². The Morgan fingerprint density at radius 3 is 2.65 bits per heavy atom. The summed E-state index contributed by atoms with van der Waals surface area (Å²) in [4.78, 5) is 10.5. The number of methoxy groups -OCH3 is 1. The van der Waals surface area contributed by atoms with Gasteiger partial charge in [0.15, 0.2) is 0 Å². The summed E-state index contributed by atoms with van der Waals surface area (Å²) in [6, 6.07) is 4.78. The third-order valence-corrected chi connectivity index (χ3v) is 4.36. The lowest BCUT2D eigenvalue weighted by molar-refractivity contribution is -0.137. The first-order valence-electron chi connectivity index (χ1n) is 5.55. The van der Waals surface area contributed by atoms with Gasteiger partial charge >= 0.3 is 16.2 Å². The van der Waals surface area contributed by atoms with Crippen LogP contribution in [0.5, 0.6) is 5.75 Å². The Morgan fingerprint density at radius 1 is 1.45 bits per heavy atom. The minimum absolute atomic E-state index is 0.115. The number of nitrogens with zero attached hydrogens (tertiary/aromatic N) is 1. The second kappa shape index (κ2) is 6.91. The minimum Gasteiger partial charge on any atom is -0.497 e. The number of aliphatic carboxylic acids is 1. The highest BCUT2D eigenvalue weighted by Gasteiger charge is 2.18. The first-order chi connectivity index (χ1) is 9.24. The molecule has 1 aromatic carbocycles. The Kier molecular flexibility index (Phi) is 5.78. The molecule has 20 heavy (non-hydrogen) atoms. The Labute approximate surface area is 125 Å². The van der Waals surface area contributed by atoms with E-state index in [2.05, 4.69) is 20.7 Å². The van der Waals surface area contributed by atoms with Crippen LogP contribution in [0.15, 0.2) is 22.7 Å². The number of carboxylic acid groups (broad SMARTS) is 1. The zero-order valence-electron chi connectivity index (χ0n) is 11.0. The fourth-order valence-electron chi connectivity index (χ4n) is 1.34. The molecule has 112 valence electrons. The molecule has 0 fully saturated rings. The summed E-state index contributed by atoms with van der Waals surface area (Å²) in [6.45, 7) is -0.115. The van der Waals surface area contributed by atoms with Crippen LogP contribution in [0.4, 0.5) is 5.69 Å². The number of carbonyl (C=O) groups is 1. The fourth-order valence-corrected chi connectivity index (χ4v) is 2.72. The summed E-state index contributed by atoms with van der Waals surface area (Å²) in [7, 11) is -1.03. The average Bonchev–Trinajstić information content (AvgIpc) is 2.34. The molecule has 0 heterocycles. The van der Waals surface area contributed by atoms with Crippen LogP contribution in [0.3, 0.4) is 0 Å². The van der Waals surface area contributed by atoms with Gasteiger partial charge in [0.1, 0.15) is 5.75 Å². The summed E-state index contributed by atoms with van der Waals surface area (Å²) in [6.07, 6.45) is -0.265. The number of nitrogens with one attached hydrogen (secondary N) is 1. The van der Waals surface area contributed by atoms with Crippen LogP contribution in [0.1, 0.15) is 6.42 Å². The van der Waals surface area contributed by atoms with Crippen molar-refractivity contribution in [3.05, 3.63) is 22.7 Å². The zero-order valence-corrected chi connectivity index (χ0v) is 13.4. The molecule has 0 unspecified atom stereocenters. The molecule has 0 radical (unpaired) electrons. The molecule has 0 saturated heterocycles. The van der Waals surface area contributed by atoms with E-state index < -0.39 is 16.2 Å². The molecular weight excluding hydrogens is 352 g/mol. The van der Waals surface area contributed by atoms with Crippen LogP contribution < -0.4 is 9.46 Å². The average molecular weight is 367 g/mol. The number of rotatable bonds is 7. The molecule has 0 saturated carbocycles. The van der Waals surface area contributed by atoms with E-state index in [0.29, 0.717) is 15.9 Å². The van der Waals surface area contributed by atoms with Crippen molar-refractivity contribution >= 4 is 37.8 Å². The quantitative estimate of drug-likeness (QED) is 0.762. The number of carboxylic acids is 1. The monoisotopic (exact) mass is 366 g/mol. The van der Waals surface area contributed by atoms with E-state index in [4.69, 9.17) is 9.84 Å². The molecule has 2 N–H and O–H groups in total. The van der Waals surface area contributed by atoms with E-state index in [1.165, 1.54) is 20.2 Å². The maximum Gasteiger partial charge on any atom is 0.304 e. The first kappa shape index (κ1) is 16.7. The molecule has 1 rings (SSSR count). The number of hydrogen-bond acceptors (Lipinski definition) is 4. The third kappa shape index (κ3) is 4.99. The van der Waals surface area contributed by atoms with Crippen molar-refractivity contribution in [2.45, 2.75) is 6.42 Å². The molecule has 0 bridgehead atoms. The van der Waals surface area contributed by atoms with Crippen LogP contribution in [-0.4, -0.2) is 44.5 Å². The van der Waals surface area contributed by atoms with Crippen LogP contribution in [0, 0.1) is 0 Å². The van der Waals surface area contributed by atoms with Crippen molar-refractivity contribution in [3.8, 4) is 5.75 Å². The standard InChI is InChI=1S/C11H15BrN2O5S/c1-14(4-3-11(15)16)20(17,18)13-9-5-8(12)6-10(7-9)19-2/h5-7,13H,3-4H2,1-2H3,(H,15,16). The summed E-state index contributed by atoms with van der Waals surface area (Å²) in [5.74, 6) is -0.568. The van der Waals surface area contributed by atoms with Gasteiger partial charge in [0, 0.05) is 24.1 Å². The molecule has 0 amide bonds. The highest BCUT2D eigenvalue weighted by molar-refractivity contribution is 9.10. The predicted molar refractivity (Wildman–Crippen MR) is 78.1 cm³/mol. The van der Waals surface area contributed by atoms with Gasteiger partial charge in [0.05, 0.1) is 19.2 Å². The summed E-state index contributed by atoms with van der Waals surface area (Å²) >= 11 is 3.24. The molecular formula is C11H15BrN2O5S. The highest BCUT2D eigenvalue weighted by atomic mass is 79.9. The molecule has 9 heteroatoms. The van der Waals surface area contributed by atoms with E-state index in [0.717, 1.165) is 4.31 Å². The van der Waals surface area contributed by atoms with Crippen LogP contribution in [0.2, 0.25) is 0 Å². The van der Waals surface area contributed by atoms with Crippen molar-refractivity contribution < 1.29 is 23.1 Å². The number of benzene rings is 1. The number of halogens is 1. The van der Waals surface area contributed by atoms with Crippen molar-refractivity contribution in [1.29, 1.82) is 0 Å². The van der Waals surface area contributed by atoms with Gasteiger partial charge in [0.2, 0.25) is 0 Å². The Hall–Kier alpha value is -1.32. The third-order valence-electron chi connectivity index (χ3n) is 2.40. The molecule has 0 aromatic heterocycles. The van der Waals surface area contributed by atoms with E-state index in [1.807, 2.05) is 0 Å². The van der Waals surface area contributed by atoms with Gasteiger partial charge in [-0.25, -0.2) is 0 Å². The number of hydrogen-bond donors (Lipinski definition) is 2. The lowest BCUT2D eigenvalue weighted by Gasteiger charge is -2.18. The highest BCUT2D eigenvalue weighted by Crippen LogP contribution is 2.25. The fraction of sp³-hybridized carbons (Fsp3) is 0.364. The van der Waals surface area contributed by atoms with Crippen LogP contribution in [0.25, 0.3) is 0 Å². The molecule has 0 atom stereocenters. The van der Waals surface area contributed by atoms with E-state index in [9.17, 15) is 13.2 Å². The molecule has 1 aromatic rings. The summed E-state index contributed by atoms with van der Waals surface area (Å²) in [5.41, 5.74) is 0.318. The number of ether oxygens (including phenoxy) is 1. The van der Waals surface area contributed by atoms with Gasteiger partial charge < -0.3 is 9.84 Å². The largest absolute Gasteiger partial charge is 0.497 e. The molecule has 0 aliphatic carbocycles. The topological polar surface area (TPSA) is 95.9 Å². The predicted octanol–water partition coefficient (Wildman–Crippen LogP) is 1.52. The lowest BCUT2D eigenvalue weighted by Crippen LogP contribution is -2.34. The second-order valence-electron chi connectivity index (χ2n) is 3.95. The summed E-state index contributed by atoms with van der Waals surface area (Å²) < 4.78 is 33.0. The van der Waals surface area contributed by atoms with Gasteiger partial charge in [-0.15, -0.1) is 0 Å². The van der Waals surface area contributed by atoms with Crippen molar-refractivity contribution in [2.75, 3.05) is 25.4 Å². The van der Waals surface area contributed by atoms with E-state index >= 15 is 0 Å². The van der Waals surface area contributed by atoms with E-state index in [1.54, 1.807) is 12.1 Å². The minimum atomic E-state index is -3.81. The molecule has 0 aliphatic rings. The Bertz CT molecular complexity index is 590. The molecule has 7 nitrogen and oxygen atoms in total. The van der Waals surface area contributed by atoms with Gasteiger partial charge in [0.25, 0.3) is 0 Å². The number of anilines is 1. The van der Waals surface area contributed by atoms with Gasteiger partial charge in [-0.1, -0.05) is 15.9 Å². The van der Waals surface area contributed by atoms with Crippen molar-refractivity contribution in [1.82, 2.24) is 4.31 Å². The van der Waals surface area contributed by atoms with Gasteiger partial charge in [-0.2, -0.15) is 12.7 Å². The lowest BCUT2D eigenvalue weighted by atomic mass is 10.3. The van der Waals surface area contributed by atoms with Crippen molar-refractivity contribution in [3.63, 3.8) is 0 Å². The van der Waals surface area contributed by atoms with E-state index in [-0.39, 0.29) is 13.0 Å². The first-order valence-corrected chi connectivity index (χ1v) is 7.78. The maximum atomic E-state index is 12.0. The smallest absolute Gasteiger partial charge is 0.304 e. The van der Waals surface area contributed by atoms with Crippen LogP contribution >= 0.6 is 15.9 Å². The molecule has 0 spiro atoms. The Morgan fingerprint density at radius 2 is 2.10 bits per heavy atom. The molecule has 0 aliphatic heterocycles. The second-order valence-corrected chi connectivity index (χ2v) is 6.65. The van der Waals surface area contributed by atoms with Gasteiger partial charge in [-0.05, 0) is 12.1 Å². The SMILES string of the molecule is COc1cc(Br)cc(NS(=O)(=O)N(C)CCC(=O)O)c1. The zero-order chi connectivity index (χ0) is 15.3. The van der Waals surface area contributed by atoms with Crippen LogP contribution in [-0.2, 0) is 15.0 Å². The summed E-state index contributed by atoms with van der Waals surface area (Å²) in [5, 5.41) is 8.56. The van der Waals surface area contributed by atoms with Gasteiger partial charge in [-0.3, -0.25) is 9.52 Å². The maximum absolute atomic E-state index is 12.0. The Balaban J connectivity index is 2.85. The normalized spacial score (nSPS) is 11.4.